The summed E-state index contributed by atoms with van der Waals surface area (Å²) >= 11 is 9.57. The summed E-state index contributed by atoms with van der Waals surface area (Å²) in [5, 5.41) is 3.28. The number of alkyl halides is 1. The van der Waals surface area contributed by atoms with Crippen LogP contribution in [0, 0.1) is 0 Å². The molecule has 1 heterocycles. The van der Waals surface area contributed by atoms with Crippen LogP contribution in [0.4, 0.5) is 0 Å². The van der Waals surface area contributed by atoms with Gasteiger partial charge >= 0.3 is 0 Å². The van der Waals surface area contributed by atoms with E-state index in [1.54, 1.807) is 7.11 Å². The highest BCUT2D eigenvalue weighted by atomic mass is 79.9. The molecule has 0 aliphatic carbocycles. The third kappa shape index (κ3) is 1.82. The zero-order valence-corrected chi connectivity index (χ0v) is 10.5. The van der Waals surface area contributed by atoms with E-state index in [0.717, 1.165) is 16.5 Å². The zero-order valence-electron chi connectivity index (χ0n) is 8.13. The Bertz CT molecular complexity index is 501. The van der Waals surface area contributed by atoms with Gasteiger partial charge in [-0.1, -0.05) is 51.8 Å². The second kappa shape index (κ2) is 4.37. The second-order valence-electron chi connectivity index (χ2n) is 3.06. The van der Waals surface area contributed by atoms with Gasteiger partial charge in [-0.05, 0) is 0 Å². The van der Waals surface area contributed by atoms with Crippen molar-refractivity contribution < 1.29 is 4.74 Å². The summed E-state index contributed by atoms with van der Waals surface area (Å²) in [5.74, 6) is 0.477. The molecular weight excluding hydrogens is 277 g/mol. The smallest absolute Gasteiger partial charge is 0.233 e. The molecule has 0 fully saturated rings. The largest absolute Gasteiger partial charge is 0.480 e. The Morgan fingerprint density at radius 3 is 2.60 bits per heavy atom. The molecule has 2 nitrogen and oxygen atoms in total. The van der Waals surface area contributed by atoms with Gasteiger partial charge in [-0.25, -0.2) is 4.98 Å². The van der Waals surface area contributed by atoms with Gasteiger partial charge in [-0.3, -0.25) is 0 Å². The Hall–Kier alpha value is -0.800. The van der Waals surface area contributed by atoms with Crippen molar-refractivity contribution in [3.05, 3.63) is 35.0 Å². The van der Waals surface area contributed by atoms with Crippen LogP contribution < -0.4 is 4.74 Å². The van der Waals surface area contributed by atoms with Crippen LogP contribution in [0.25, 0.3) is 10.8 Å². The fourth-order valence-electron chi connectivity index (χ4n) is 1.51. The van der Waals surface area contributed by atoms with E-state index in [9.17, 15) is 0 Å². The normalized spacial score (nSPS) is 10.6. The molecule has 0 amide bonds. The molecule has 1 aromatic heterocycles. The van der Waals surface area contributed by atoms with Gasteiger partial charge in [0.05, 0.1) is 12.8 Å². The number of pyridine rings is 1. The van der Waals surface area contributed by atoms with Crippen molar-refractivity contribution in [2.75, 3.05) is 7.11 Å². The topological polar surface area (TPSA) is 22.1 Å². The molecule has 0 atom stereocenters. The number of benzene rings is 1. The Kier molecular flexibility index (Phi) is 3.12. The highest BCUT2D eigenvalue weighted by molar-refractivity contribution is 9.08. The molecular formula is C11H9BrClNO. The fourth-order valence-corrected chi connectivity index (χ4v) is 2.22. The molecule has 2 aromatic rings. The maximum Gasteiger partial charge on any atom is 0.233 e. The van der Waals surface area contributed by atoms with Gasteiger partial charge in [0.2, 0.25) is 5.88 Å². The highest BCUT2D eigenvalue weighted by Gasteiger charge is 2.11. The molecule has 0 N–H and O–H groups in total. The Morgan fingerprint density at radius 2 is 2.00 bits per heavy atom. The monoisotopic (exact) mass is 285 g/mol. The highest BCUT2D eigenvalue weighted by Crippen LogP contribution is 2.33. The molecule has 0 spiro atoms. The number of hydrogen-bond acceptors (Lipinski definition) is 2. The first-order chi connectivity index (χ1) is 7.27. The third-order valence-electron chi connectivity index (χ3n) is 2.22. The maximum absolute atomic E-state index is 6.17. The summed E-state index contributed by atoms with van der Waals surface area (Å²) in [6, 6.07) is 7.89. The number of rotatable bonds is 2. The Labute approximate surface area is 101 Å². The van der Waals surface area contributed by atoms with E-state index in [0.29, 0.717) is 16.2 Å². The Balaban J connectivity index is 2.84. The van der Waals surface area contributed by atoms with E-state index in [2.05, 4.69) is 20.9 Å². The van der Waals surface area contributed by atoms with Crippen LogP contribution in [0.1, 0.15) is 5.69 Å². The molecule has 4 heteroatoms. The van der Waals surface area contributed by atoms with E-state index in [4.69, 9.17) is 16.3 Å². The standard InChI is InChI=1S/C11H9BrClNO/c1-15-11-10(13)8-5-3-2-4-7(8)9(6-12)14-11/h2-5H,6H2,1H3. The lowest BCUT2D eigenvalue weighted by molar-refractivity contribution is 0.398. The van der Waals surface area contributed by atoms with Crippen LogP contribution >= 0.6 is 27.5 Å². The number of ether oxygens (including phenoxy) is 1. The summed E-state index contributed by atoms with van der Waals surface area (Å²) < 4.78 is 5.13. The van der Waals surface area contributed by atoms with Gasteiger partial charge in [0, 0.05) is 16.1 Å². The first-order valence-corrected chi connectivity index (χ1v) is 5.95. The number of halogens is 2. The van der Waals surface area contributed by atoms with E-state index < -0.39 is 0 Å². The number of fused-ring (bicyclic) bond motifs is 1. The molecule has 0 aliphatic heterocycles. The van der Waals surface area contributed by atoms with Crippen molar-refractivity contribution >= 4 is 38.3 Å². The minimum Gasteiger partial charge on any atom is -0.480 e. The molecule has 0 saturated heterocycles. The second-order valence-corrected chi connectivity index (χ2v) is 4.00. The SMILES string of the molecule is COc1nc(CBr)c2ccccc2c1Cl. The summed E-state index contributed by atoms with van der Waals surface area (Å²) in [6.07, 6.45) is 0. The third-order valence-corrected chi connectivity index (χ3v) is 3.12. The maximum atomic E-state index is 6.17. The minimum atomic E-state index is 0.477. The van der Waals surface area contributed by atoms with E-state index in [-0.39, 0.29) is 0 Å². The number of methoxy groups -OCH3 is 1. The fraction of sp³-hybridized carbons (Fsp3) is 0.182. The molecule has 15 heavy (non-hydrogen) atoms. The van der Waals surface area contributed by atoms with Crippen molar-refractivity contribution in [3.8, 4) is 5.88 Å². The molecule has 0 aliphatic rings. The van der Waals surface area contributed by atoms with Crippen LogP contribution in [-0.4, -0.2) is 12.1 Å². The van der Waals surface area contributed by atoms with Gasteiger partial charge in [0.25, 0.3) is 0 Å². The lowest BCUT2D eigenvalue weighted by Crippen LogP contribution is -1.95. The first-order valence-electron chi connectivity index (χ1n) is 4.45. The van der Waals surface area contributed by atoms with E-state index >= 15 is 0 Å². The molecule has 0 radical (unpaired) electrons. The van der Waals surface area contributed by atoms with Crippen LogP contribution in [0.15, 0.2) is 24.3 Å². The van der Waals surface area contributed by atoms with Gasteiger partial charge < -0.3 is 4.74 Å². The zero-order chi connectivity index (χ0) is 10.8. The minimum absolute atomic E-state index is 0.477. The number of nitrogens with zero attached hydrogens (tertiary/aromatic N) is 1. The van der Waals surface area contributed by atoms with E-state index in [1.165, 1.54) is 0 Å². The molecule has 0 saturated carbocycles. The molecule has 0 bridgehead atoms. The van der Waals surface area contributed by atoms with Crippen molar-refractivity contribution in [1.82, 2.24) is 4.98 Å². The van der Waals surface area contributed by atoms with Crippen molar-refractivity contribution in [3.63, 3.8) is 0 Å². The van der Waals surface area contributed by atoms with Gasteiger partial charge in [0.15, 0.2) is 0 Å². The lowest BCUT2D eigenvalue weighted by Gasteiger charge is -2.08. The summed E-state index contributed by atoms with van der Waals surface area (Å²) in [4.78, 5) is 4.34. The number of aromatic nitrogens is 1. The van der Waals surface area contributed by atoms with Crippen molar-refractivity contribution in [2.45, 2.75) is 5.33 Å². The molecule has 0 unspecified atom stereocenters. The van der Waals surface area contributed by atoms with Gasteiger partial charge in [-0.2, -0.15) is 0 Å². The average Bonchev–Trinajstić information content (AvgIpc) is 2.30. The van der Waals surface area contributed by atoms with Crippen LogP contribution in [0.3, 0.4) is 0 Å². The average molecular weight is 287 g/mol. The van der Waals surface area contributed by atoms with Gasteiger partial charge in [0.1, 0.15) is 5.02 Å². The molecule has 2 rings (SSSR count). The quantitative estimate of drug-likeness (QED) is 0.784. The first kappa shape index (κ1) is 10.7. The number of hydrogen-bond donors (Lipinski definition) is 0. The predicted molar refractivity (Wildman–Crippen MR) is 65.9 cm³/mol. The van der Waals surface area contributed by atoms with Crippen LogP contribution in [0.2, 0.25) is 5.02 Å². The molecule has 1 aromatic carbocycles. The van der Waals surface area contributed by atoms with Crippen molar-refractivity contribution in [1.29, 1.82) is 0 Å². The summed E-state index contributed by atoms with van der Waals surface area (Å²) in [5.41, 5.74) is 0.937. The summed E-state index contributed by atoms with van der Waals surface area (Å²) in [7, 11) is 1.57. The molecule has 78 valence electrons. The predicted octanol–water partition coefficient (Wildman–Crippen LogP) is 3.79. The Morgan fingerprint density at radius 1 is 1.33 bits per heavy atom. The van der Waals surface area contributed by atoms with Crippen molar-refractivity contribution in [2.24, 2.45) is 0 Å². The van der Waals surface area contributed by atoms with Crippen LogP contribution in [-0.2, 0) is 5.33 Å². The van der Waals surface area contributed by atoms with E-state index in [1.807, 2.05) is 24.3 Å². The van der Waals surface area contributed by atoms with Gasteiger partial charge in [-0.15, -0.1) is 0 Å². The summed E-state index contributed by atoms with van der Waals surface area (Å²) in [6.45, 7) is 0. The lowest BCUT2D eigenvalue weighted by atomic mass is 10.1. The van der Waals surface area contributed by atoms with Crippen LogP contribution in [0.5, 0.6) is 5.88 Å².